The summed E-state index contributed by atoms with van der Waals surface area (Å²) in [5.74, 6) is -1.05. The second-order valence-corrected chi connectivity index (χ2v) is 2.86. The van der Waals surface area contributed by atoms with E-state index < -0.39 is 12.0 Å². The number of carboxylic acids is 1. The number of hydrogen-bond acceptors (Lipinski definition) is 4. The second-order valence-electron chi connectivity index (χ2n) is 2.86. The smallest absolute Gasteiger partial charge is 0.322 e. The number of aliphatic carboxylic acids is 1. The number of hydrogen-bond donors (Lipinski definition) is 3. The van der Waals surface area contributed by atoms with Crippen LogP contribution < -0.4 is 11.2 Å². The first-order chi connectivity index (χ1) is 6.18. The zero-order valence-corrected chi connectivity index (χ0v) is 7.95. The molecular weight excluding hydrogens is 172 g/mol. The maximum atomic E-state index is 10.2. The molecule has 0 heterocycles. The summed E-state index contributed by atoms with van der Waals surface area (Å²) in [4.78, 5) is 15.1. The zero-order chi connectivity index (χ0) is 10.1. The molecular formula is C8H18N2O3. The number of unbranched alkanes of at least 4 members (excludes halogenated alkanes) is 2. The van der Waals surface area contributed by atoms with Crippen LogP contribution in [0.15, 0.2) is 0 Å². The van der Waals surface area contributed by atoms with Crippen LogP contribution in [0.4, 0.5) is 0 Å². The van der Waals surface area contributed by atoms with Gasteiger partial charge in [-0.2, -0.15) is 0 Å². The molecule has 1 atom stereocenters. The van der Waals surface area contributed by atoms with Crippen molar-refractivity contribution in [2.45, 2.75) is 32.2 Å². The Morgan fingerprint density at radius 3 is 2.85 bits per heavy atom. The SMILES string of the molecule is CCCCCNOCC(N)C(=O)O. The number of hydroxylamine groups is 1. The van der Waals surface area contributed by atoms with Gasteiger partial charge in [-0.05, 0) is 6.42 Å². The first kappa shape index (κ1) is 12.3. The Kier molecular flexibility index (Phi) is 7.57. The Hall–Kier alpha value is -0.650. The molecule has 0 amide bonds. The number of carbonyl (C=O) groups is 1. The van der Waals surface area contributed by atoms with Crippen molar-refractivity contribution in [3.8, 4) is 0 Å². The van der Waals surface area contributed by atoms with Gasteiger partial charge in [-0.1, -0.05) is 19.8 Å². The van der Waals surface area contributed by atoms with E-state index in [9.17, 15) is 4.79 Å². The van der Waals surface area contributed by atoms with Gasteiger partial charge in [0, 0.05) is 6.54 Å². The summed E-state index contributed by atoms with van der Waals surface area (Å²) in [6.45, 7) is 2.85. The van der Waals surface area contributed by atoms with Gasteiger partial charge in [0.25, 0.3) is 0 Å². The van der Waals surface area contributed by atoms with Crippen LogP contribution in [-0.2, 0) is 9.63 Å². The molecule has 0 aromatic carbocycles. The molecule has 0 rings (SSSR count). The van der Waals surface area contributed by atoms with Gasteiger partial charge in [0.15, 0.2) is 0 Å². The van der Waals surface area contributed by atoms with Crippen molar-refractivity contribution in [2.75, 3.05) is 13.2 Å². The van der Waals surface area contributed by atoms with E-state index in [1.54, 1.807) is 0 Å². The lowest BCUT2D eigenvalue weighted by Gasteiger charge is -2.07. The average Bonchev–Trinajstić information content (AvgIpc) is 2.10. The lowest BCUT2D eigenvalue weighted by atomic mass is 10.3. The van der Waals surface area contributed by atoms with Crippen molar-refractivity contribution in [3.05, 3.63) is 0 Å². The van der Waals surface area contributed by atoms with Gasteiger partial charge in [-0.25, -0.2) is 5.48 Å². The predicted octanol–water partition coefficient (Wildman–Crippen LogP) is 0.110. The van der Waals surface area contributed by atoms with Crippen LogP contribution in [0.25, 0.3) is 0 Å². The van der Waals surface area contributed by atoms with Crippen molar-refractivity contribution in [1.29, 1.82) is 0 Å². The summed E-state index contributed by atoms with van der Waals surface area (Å²) < 4.78 is 0. The molecule has 13 heavy (non-hydrogen) atoms. The van der Waals surface area contributed by atoms with Crippen LogP contribution in [0.3, 0.4) is 0 Å². The lowest BCUT2D eigenvalue weighted by Crippen LogP contribution is -2.37. The average molecular weight is 190 g/mol. The Morgan fingerprint density at radius 2 is 2.31 bits per heavy atom. The largest absolute Gasteiger partial charge is 0.480 e. The van der Waals surface area contributed by atoms with Gasteiger partial charge in [0.2, 0.25) is 0 Å². The highest BCUT2D eigenvalue weighted by Crippen LogP contribution is 1.90. The number of nitrogens with two attached hydrogens (primary N) is 1. The topological polar surface area (TPSA) is 84.6 Å². The van der Waals surface area contributed by atoms with Crippen LogP contribution in [0.1, 0.15) is 26.2 Å². The molecule has 4 N–H and O–H groups in total. The number of carboxylic acid groups (broad SMARTS) is 1. The minimum atomic E-state index is -1.05. The highest BCUT2D eigenvalue weighted by atomic mass is 16.6. The van der Waals surface area contributed by atoms with Crippen molar-refractivity contribution in [1.82, 2.24) is 5.48 Å². The third-order valence-corrected chi connectivity index (χ3v) is 1.56. The molecule has 0 aromatic rings. The van der Waals surface area contributed by atoms with Gasteiger partial charge in [-0.15, -0.1) is 0 Å². The lowest BCUT2D eigenvalue weighted by molar-refractivity contribution is -0.140. The molecule has 5 heteroatoms. The monoisotopic (exact) mass is 190 g/mol. The Bertz CT molecular complexity index is 141. The molecule has 0 bridgehead atoms. The summed E-state index contributed by atoms with van der Waals surface area (Å²) in [7, 11) is 0. The third kappa shape index (κ3) is 7.70. The number of rotatable bonds is 8. The summed E-state index contributed by atoms with van der Waals surface area (Å²) in [6, 6.07) is -0.946. The van der Waals surface area contributed by atoms with Crippen LogP contribution in [0.2, 0.25) is 0 Å². The molecule has 0 fully saturated rings. The highest BCUT2D eigenvalue weighted by molar-refractivity contribution is 5.73. The molecule has 78 valence electrons. The van der Waals surface area contributed by atoms with E-state index in [-0.39, 0.29) is 6.61 Å². The third-order valence-electron chi connectivity index (χ3n) is 1.56. The van der Waals surface area contributed by atoms with Crippen molar-refractivity contribution in [2.24, 2.45) is 5.73 Å². The van der Waals surface area contributed by atoms with Crippen LogP contribution >= 0.6 is 0 Å². The minimum absolute atomic E-state index is 0.00145. The van der Waals surface area contributed by atoms with Crippen LogP contribution in [-0.4, -0.2) is 30.3 Å². The Morgan fingerprint density at radius 1 is 1.62 bits per heavy atom. The molecule has 0 saturated carbocycles. The van der Waals surface area contributed by atoms with E-state index in [1.807, 2.05) is 0 Å². The normalized spacial score (nSPS) is 12.8. The van der Waals surface area contributed by atoms with Crippen LogP contribution in [0, 0.1) is 0 Å². The maximum absolute atomic E-state index is 10.2. The molecule has 0 saturated heterocycles. The fraction of sp³-hybridized carbons (Fsp3) is 0.875. The summed E-state index contributed by atoms with van der Waals surface area (Å²) in [5, 5.41) is 8.39. The molecule has 0 aliphatic carbocycles. The zero-order valence-electron chi connectivity index (χ0n) is 7.95. The van der Waals surface area contributed by atoms with Gasteiger partial charge in [0.05, 0.1) is 6.61 Å². The van der Waals surface area contributed by atoms with E-state index in [2.05, 4.69) is 12.4 Å². The van der Waals surface area contributed by atoms with Crippen molar-refractivity contribution in [3.63, 3.8) is 0 Å². The van der Waals surface area contributed by atoms with Crippen molar-refractivity contribution < 1.29 is 14.7 Å². The van der Waals surface area contributed by atoms with E-state index in [0.29, 0.717) is 0 Å². The van der Waals surface area contributed by atoms with E-state index >= 15 is 0 Å². The van der Waals surface area contributed by atoms with Gasteiger partial charge in [0.1, 0.15) is 6.04 Å². The molecule has 0 aromatic heterocycles. The minimum Gasteiger partial charge on any atom is -0.480 e. The molecule has 0 aliphatic rings. The number of nitrogens with one attached hydrogen (secondary N) is 1. The fourth-order valence-corrected chi connectivity index (χ4v) is 0.739. The molecule has 1 unspecified atom stereocenters. The standard InChI is InChI=1S/C8H18N2O3/c1-2-3-4-5-10-13-6-7(9)8(11)12/h7,10H,2-6,9H2,1H3,(H,11,12). The summed E-state index contributed by atoms with van der Waals surface area (Å²) in [5.41, 5.74) is 7.86. The van der Waals surface area contributed by atoms with E-state index in [0.717, 1.165) is 25.8 Å². The maximum Gasteiger partial charge on any atom is 0.322 e. The molecule has 0 aliphatic heterocycles. The van der Waals surface area contributed by atoms with Crippen molar-refractivity contribution >= 4 is 5.97 Å². The fourth-order valence-electron chi connectivity index (χ4n) is 0.739. The summed E-state index contributed by atoms with van der Waals surface area (Å²) >= 11 is 0. The molecule has 5 nitrogen and oxygen atoms in total. The Balaban J connectivity index is 3.11. The summed E-state index contributed by atoms with van der Waals surface area (Å²) in [6.07, 6.45) is 3.32. The Labute approximate surface area is 78.2 Å². The highest BCUT2D eigenvalue weighted by Gasteiger charge is 2.10. The van der Waals surface area contributed by atoms with Gasteiger partial charge in [-0.3, -0.25) is 9.63 Å². The van der Waals surface area contributed by atoms with Gasteiger partial charge >= 0.3 is 5.97 Å². The molecule has 0 spiro atoms. The quantitative estimate of drug-likeness (QED) is 0.373. The second kappa shape index (κ2) is 7.97. The van der Waals surface area contributed by atoms with E-state index in [4.69, 9.17) is 15.7 Å². The van der Waals surface area contributed by atoms with E-state index in [1.165, 1.54) is 0 Å². The van der Waals surface area contributed by atoms with Crippen LogP contribution in [0.5, 0.6) is 0 Å². The first-order valence-corrected chi connectivity index (χ1v) is 4.51. The predicted molar refractivity (Wildman–Crippen MR) is 49.1 cm³/mol. The van der Waals surface area contributed by atoms with Gasteiger partial charge < -0.3 is 10.8 Å². The molecule has 0 radical (unpaired) electrons. The first-order valence-electron chi connectivity index (χ1n) is 4.51.